The van der Waals surface area contributed by atoms with Gasteiger partial charge in [0.25, 0.3) is 0 Å². The summed E-state index contributed by atoms with van der Waals surface area (Å²) in [6.45, 7) is 2.03. The first-order valence-electron chi connectivity index (χ1n) is 8.30. The van der Waals surface area contributed by atoms with E-state index in [-0.39, 0.29) is 17.7 Å². The average molecular weight is 330 g/mol. The van der Waals surface area contributed by atoms with Crippen LogP contribution in [0.5, 0.6) is 0 Å². The van der Waals surface area contributed by atoms with Gasteiger partial charge in [0.15, 0.2) is 0 Å². The number of carbonyl (C=O) groups excluding carboxylic acids is 3. The number of hydrogen-bond acceptors (Lipinski definition) is 5. The van der Waals surface area contributed by atoms with E-state index in [1.165, 1.54) is 0 Å². The molecule has 0 saturated heterocycles. The molecule has 0 unspecified atom stereocenters. The lowest BCUT2D eigenvalue weighted by Crippen LogP contribution is -2.43. The van der Waals surface area contributed by atoms with Crippen molar-refractivity contribution in [2.24, 2.45) is 23.7 Å². The number of carboxylic acid groups (broad SMARTS) is 1. The topological polar surface area (TPSA) is 95.5 Å². The number of hydrogen-bond donors (Lipinski definition) is 1. The lowest BCUT2D eigenvalue weighted by atomic mass is 9.78. The number of carboxylic acids is 1. The third kappa shape index (κ3) is 3.00. The van der Waals surface area contributed by atoms with Gasteiger partial charge in [-0.1, -0.05) is 0 Å². The largest absolute Gasteiger partial charge is 0.550 e. The van der Waals surface area contributed by atoms with E-state index in [1.54, 1.807) is 31.2 Å². The van der Waals surface area contributed by atoms with E-state index in [2.05, 4.69) is 5.32 Å². The Morgan fingerprint density at radius 3 is 2.33 bits per heavy atom. The van der Waals surface area contributed by atoms with E-state index >= 15 is 0 Å². The fraction of sp³-hybridized carbons (Fsp3) is 0.500. The summed E-state index contributed by atoms with van der Waals surface area (Å²) in [4.78, 5) is 35.6. The van der Waals surface area contributed by atoms with Crippen molar-refractivity contribution in [1.29, 1.82) is 0 Å². The number of carbonyl (C=O) groups is 3. The van der Waals surface area contributed by atoms with Crippen molar-refractivity contribution in [2.45, 2.75) is 26.2 Å². The van der Waals surface area contributed by atoms with Crippen molar-refractivity contribution >= 4 is 23.5 Å². The van der Waals surface area contributed by atoms with Crippen molar-refractivity contribution in [3.05, 3.63) is 29.8 Å². The van der Waals surface area contributed by atoms with Gasteiger partial charge in [-0.05, 0) is 62.3 Å². The van der Waals surface area contributed by atoms with E-state index < -0.39 is 23.8 Å². The Morgan fingerprint density at radius 2 is 1.75 bits per heavy atom. The van der Waals surface area contributed by atoms with Crippen molar-refractivity contribution in [3.63, 3.8) is 0 Å². The van der Waals surface area contributed by atoms with Gasteiger partial charge in [-0.3, -0.25) is 4.79 Å². The van der Waals surface area contributed by atoms with Crippen LogP contribution in [0.2, 0.25) is 0 Å². The Morgan fingerprint density at radius 1 is 1.12 bits per heavy atom. The van der Waals surface area contributed by atoms with Crippen LogP contribution in [0.25, 0.3) is 0 Å². The molecule has 0 spiro atoms. The number of amides is 1. The molecule has 6 heteroatoms. The quantitative estimate of drug-likeness (QED) is 0.819. The number of aliphatic carboxylic acids is 1. The number of fused-ring (bicyclic) bond motifs is 2. The molecular weight excluding hydrogens is 310 g/mol. The molecule has 0 radical (unpaired) electrons. The summed E-state index contributed by atoms with van der Waals surface area (Å²) in [6, 6.07) is 6.38. The summed E-state index contributed by atoms with van der Waals surface area (Å²) in [5.74, 6) is -2.86. The molecule has 6 nitrogen and oxygen atoms in total. The molecule has 1 aromatic rings. The molecule has 1 aromatic carbocycles. The summed E-state index contributed by atoms with van der Waals surface area (Å²) in [5.41, 5.74) is 0.940. The Balaban J connectivity index is 1.68. The number of benzene rings is 1. The van der Waals surface area contributed by atoms with Gasteiger partial charge < -0.3 is 20.0 Å². The highest BCUT2D eigenvalue weighted by atomic mass is 16.5. The van der Waals surface area contributed by atoms with E-state index in [4.69, 9.17) is 4.74 Å². The molecule has 1 amide bonds. The zero-order valence-corrected chi connectivity index (χ0v) is 13.5. The van der Waals surface area contributed by atoms with E-state index in [9.17, 15) is 19.5 Å². The number of ether oxygens (including phenoxy) is 1. The van der Waals surface area contributed by atoms with E-state index in [0.717, 1.165) is 19.3 Å². The van der Waals surface area contributed by atoms with Crippen LogP contribution in [0.15, 0.2) is 24.3 Å². The molecule has 0 aromatic heterocycles. The molecule has 4 atom stereocenters. The molecule has 24 heavy (non-hydrogen) atoms. The number of nitrogens with one attached hydrogen (secondary N) is 1. The second-order valence-electron chi connectivity index (χ2n) is 6.49. The van der Waals surface area contributed by atoms with Crippen molar-refractivity contribution in [3.8, 4) is 0 Å². The Labute approximate surface area is 140 Å². The van der Waals surface area contributed by atoms with Crippen LogP contribution in [0, 0.1) is 23.7 Å². The van der Waals surface area contributed by atoms with Crippen LogP contribution in [0.4, 0.5) is 5.69 Å². The highest BCUT2D eigenvalue weighted by Gasteiger charge is 2.51. The maximum absolute atomic E-state index is 12.5. The molecule has 128 valence electrons. The minimum atomic E-state index is -1.12. The van der Waals surface area contributed by atoms with Crippen LogP contribution < -0.4 is 10.4 Å². The summed E-state index contributed by atoms with van der Waals surface area (Å²) in [7, 11) is 0. The predicted molar refractivity (Wildman–Crippen MR) is 83.8 cm³/mol. The molecule has 3 rings (SSSR count). The van der Waals surface area contributed by atoms with Crippen LogP contribution >= 0.6 is 0 Å². The first-order chi connectivity index (χ1) is 11.5. The normalized spacial score (nSPS) is 27.7. The molecule has 2 saturated carbocycles. The van der Waals surface area contributed by atoms with Gasteiger partial charge in [-0.2, -0.15) is 0 Å². The minimum absolute atomic E-state index is 0.0574. The highest BCUT2D eigenvalue weighted by molar-refractivity contribution is 5.96. The monoisotopic (exact) mass is 330 g/mol. The Hall–Kier alpha value is -2.37. The molecular formula is C18H20NO5-. The van der Waals surface area contributed by atoms with Crippen LogP contribution in [0.3, 0.4) is 0 Å². The second kappa shape index (κ2) is 6.63. The third-order valence-electron chi connectivity index (χ3n) is 5.15. The smallest absolute Gasteiger partial charge is 0.338 e. The standard InChI is InChI=1S/C18H21NO5/c1-2-24-18(23)10-5-7-13(8-6-10)19-16(20)14-11-3-4-12(9-11)15(14)17(21)22/h5-8,11-12,14-15H,2-4,9H2,1H3,(H,19,20)(H,21,22)/p-1/t11-,12+,14+,15+/m0/s1. The van der Waals surface area contributed by atoms with Crippen molar-refractivity contribution in [1.82, 2.24) is 0 Å². The molecule has 1 N–H and O–H groups in total. The maximum Gasteiger partial charge on any atom is 0.338 e. The molecule has 2 aliphatic rings. The molecule has 2 aliphatic carbocycles. The number of rotatable bonds is 5. The SMILES string of the molecule is CCOC(=O)c1ccc(NC(=O)[C@@H]2[C@H]3CC[C@H](C3)[C@H]2C(=O)[O-])cc1. The number of esters is 1. The number of anilines is 1. The molecule has 0 aliphatic heterocycles. The lowest BCUT2D eigenvalue weighted by molar-refractivity contribution is -0.314. The zero-order valence-electron chi connectivity index (χ0n) is 13.5. The van der Waals surface area contributed by atoms with E-state index in [1.807, 2.05) is 0 Å². The van der Waals surface area contributed by atoms with Crippen LogP contribution in [0.1, 0.15) is 36.5 Å². The first kappa shape index (κ1) is 16.5. The zero-order chi connectivity index (χ0) is 17.3. The first-order valence-corrected chi connectivity index (χ1v) is 8.30. The lowest BCUT2D eigenvalue weighted by Gasteiger charge is -2.30. The third-order valence-corrected chi connectivity index (χ3v) is 5.15. The van der Waals surface area contributed by atoms with Gasteiger partial charge >= 0.3 is 5.97 Å². The van der Waals surface area contributed by atoms with Gasteiger partial charge in [0, 0.05) is 23.5 Å². The Kier molecular flexibility index (Phi) is 4.55. The summed E-state index contributed by atoms with van der Waals surface area (Å²) in [6.07, 6.45) is 2.55. The van der Waals surface area contributed by atoms with Gasteiger partial charge in [-0.25, -0.2) is 4.79 Å². The second-order valence-corrected chi connectivity index (χ2v) is 6.49. The fourth-order valence-electron chi connectivity index (χ4n) is 4.14. The summed E-state index contributed by atoms with van der Waals surface area (Å²) >= 11 is 0. The van der Waals surface area contributed by atoms with Gasteiger partial charge in [0.1, 0.15) is 0 Å². The van der Waals surface area contributed by atoms with Gasteiger partial charge in [0.2, 0.25) is 5.91 Å². The van der Waals surface area contributed by atoms with Crippen LogP contribution in [-0.4, -0.2) is 24.5 Å². The van der Waals surface area contributed by atoms with Crippen molar-refractivity contribution < 1.29 is 24.2 Å². The Bertz CT molecular complexity index is 654. The van der Waals surface area contributed by atoms with Crippen LogP contribution in [-0.2, 0) is 14.3 Å². The van der Waals surface area contributed by atoms with Gasteiger partial charge in [-0.15, -0.1) is 0 Å². The van der Waals surface area contributed by atoms with Crippen molar-refractivity contribution in [2.75, 3.05) is 11.9 Å². The van der Waals surface area contributed by atoms with E-state index in [0.29, 0.717) is 17.9 Å². The molecule has 2 bridgehead atoms. The highest BCUT2D eigenvalue weighted by Crippen LogP contribution is 2.52. The maximum atomic E-state index is 12.5. The minimum Gasteiger partial charge on any atom is -0.550 e. The van der Waals surface area contributed by atoms with Gasteiger partial charge in [0.05, 0.1) is 12.2 Å². The summed E-state index contributed by atoms with van der Waals surface area (Å²) < 4.78 is 4.91. The average Bonchev–Trinajstić information content (AvgIpc) is 3.16. The molecule has 0 heterocycles. The molecule has 2 fully saturated rings. The predicted octanol–water partition coefficient (Wildman–Crippen LogP) is 1.21. The fourth-order valence-corrected chi connectivity index (χ4v) is 4.14. The summed E-state index contributed by atoms with van der Waals surface area (Å²) in [5, 5.41) is 14.2.